The van der Waals surface area contributed by atoms with Gasteiger partial charge in [0.05, 0.1) is 19.3 Å². The Labute approximate surface area is 128 Å². The van der Waals surface area contributed by atoms with Crippen molar-refractivity contribution in [1.29, 1.82) is 0 Å². The van der Waals surface area contributed by atoms with Crippen LogP contribution in [0.15, 0.2) is 0 Å². The molecule has 1 aliphatic heterocycles. The van der Waals surface area contributed by atoms with Gasteiger partial charge >= 0.3 is 0 Å². The van der Waals surface area contributed by atoms with E-state index in [1.165, 1.54) is 44.9 Å². The van der Waals surface area contributed by atoms with Gasteiger partial charge in [-0.25, -0.2) is 0 Å². The molecule has 4 heteroatoms. The fourth-order valence-corrected chi connectivity index (χ4v) is 4.51. The van der Waals surface area contributed by atoms with Crippen LogP contribution in [0.2, 0.25) is 0 Å². The fourth-order valence-electron chi connectivity index (χ4n) is 4.51. The van der Waals surface area contributed by atoms with E-state index >= 15 is 0 Å². The maximum atomic E-state index is 12.5. The standard InChI is InChI=1S/C17H30N2O2/c1-13(17(20)19-8-10-21-11-9-19)18-16-7-6-14-4-2-3-5-15(14)12-16/h13-16,18H,2-12H2,1H3. The molecule has 21 heavy (non-hydrogen) atoms. The summed E-state index contributed by atoms with van der Waals surface area (Å²) in [4.78, 5) is 14.4. The second kappa shape index (κ2) is 7.10. The van der Waals surface area contributed by atoms with E-state index in [1.807, 2.05) is 11.8 Å². The van der Waals surface area contributed by atoms with Gasteiger partial charge in [-0.3, -0.25) is 4.79 Å². The molecule has 3 fully saturated rings. The number of ether oxygens (including phenoxy) is 1. The van der Waals surface area contributed by atoms with E-state index in [0.29, 0.717) is 19.3 Å². The molecule has 120 valence electrons. The molecule has 1 heterocycles. The minimum absolute atomic E-state index is 0.0479. The predicted octanol–water partition coefficient (Wildman–Crippen LogP) is 2.18. The first-order valence-electron chi connectivity index (χ1n) is 8.86. The van der Waals surface area contributed by atoms with E-state index in [2.05, 4.69) is 5.32 Å². The van der Waals surface area contributed by atoms with Gasteiger partial charge < -0.3 is 15.0 Å². The SMILES string of the molecule is CC(NC1CCC2CCCCC2C1)C(=O)N1CCOCC1. The first-order chi connectivity index (χ1) is 10.2. The van der Waals surface area contributed by atoms with Crippen LogP contribution in [0.1, 0.15) is 51.9 Å². The van der Waals surface area contributed by atoms with Gasteiger partial charge in [0.25, 0.3) is 0 Å². The Morgan fingerprint density at radius 3 is 2.57 bits per heavy atom. The summed E-state index contributed by atoms with van der Waals surface area (Å²) in [6, 6.07) is 0.498. The van der Waals surface area contributed by atoms with Gasteiger partial charge in [0.1, 0.15) is 0 Å². The lowest BCUT2D eigenvalue weighted by atomic mass is 9.69. The third kappa shape index (κ3) is 3.78. The summed E-state index contributed by atoms with van der Waals surface area (Å²) in [6.45, 7) is 4.91. The summed E-state index contributed by atoms with van der Waals surface area (Å²) in [6.07, 6.45) is 9.60. The summed E-state index contributed by atoms with van der Waals surface area (Å²) >= 11 is 0. The molecule has 2 aliphatic carbocycles. The lowest BCUT2D eigenvalue weighted by molar-refractivity contribution is -0.137. The summed E-state index contributed by atoms with van der Waals surface area (Å²) in [5.74, 6) is 2.14. The van der Waals surface area contributed by atoms with Crippen molar-refractivity contribution < 1.29 is 9.53 Å². The van der Waals surface area contributed by atoms with Gasteiger partial charge in [0.2, 0.25) is 5.91 Å². The summed E-state index contributed by atoms with van der Waals surface area (Å²) in [5.41, 5.74) is 0. The Hall–Kier alpha value is -0.610. The van der Waals surface area contributed by atoms with Crippen molar-refractivity contribution in [3.63, 3.8) is 0 Å². The lowest BCUT2D eigenvalue weighted by Gasteiger charge is -2.40. The van der Waals surface area contributed by atoms with Crippen molar-refractivity contribution in [3.8, 4) is 0 Å². The van der Waals surface area contributed by atoms with Gasteiger partial charge in [0.15, 0.2) is 0 Å². The molecule has 0 aromatic carbocycles. The maximum Gasteiger partial charge on any atom is 0.239 e. The molecule has 0 bridgehead atoms. The van der Waals surface area contributed by atoms with E-state index in [-0.39, 0.29) is 11.9 Å². The number of carbonyl (C=O) groups is 1. The molecule has 0 aromatic rings. The van der Waals surface area contributed by atoms with Gasteiger partial charge in [-0.05, 0) is 38.0 Å². The summed E-state index contributed by atoms with van der Waals surface area (Å²) < 4.78 is 5.32. The van der Waals surface area contributed by atoms with Crippen molar-refractivity contribution in [1.82, 2.24) is 10.2 Å². The normalized spacial score (nSPS) is 35.1. The second-order valence-electron chi connectivity index (χ2n) is 7.14. The zero-order chi connectivity index (χ0) is 14.7. The first kappa shape index (κ1) is 15.3. The molecule has 1 amide bonds. The predicted molar refractivity (Wildman–Crippen MR) is 83.1 cm³/mol. The molecule has 1 N–H and O–H groups in total. The molecule has 0 radical (unpaired) electrons. The first-order valence-corrected chi connectivity index (χ1v) is 8.86. The number of morpholine rings is 1. The molecule has 1 saturated heterocycles. The number of carbonyl (C=O) groups excluding carboxylic acids is 1. The highest BCUT2D eigenvalue weighted by atomic mass is 16.5. The molecule has 4 atom stereocenters. The number of hydrogen-bond donors (Lipinski definition) is 1. The number of amides is 1. The van der Waals surface area contributed by atoms with Crippen molar-refractivity contribution >= 4 is 5.91 Å². The lowest BCUT2D eigenvalue weighted by Crippen LogP contribution is -2.52. The second-order valence-corrected chi connectivity index (χ2v) is 7.14. The molecule has 4 nitrogen and oxygen atoms in total. The Kier molecular flexibility index (Phi) is 5.17. The van der Waals surface area contributed by atoms with E-state index in [9.17, 15) is 4.79 Å². The number of fused-ring (bicyclic) bond motifs is 1. The average molecular weight is 294 g/mol. The van der Waals surface area contributed by atoms with Crippen molar-refractivity contribution in [2.24, 2.45) is 11.8 Å². The summed E-state index contributed by atoms with van der Waals surface area (Å²) in [5, 5.41) is 3.62. The topological polar surface area (TPSA) is 41.6 Å². The quantitative estimate of drug-likeness (QED) is 0.867. The van der Waals surface area contributed by atoms with E-state index < -0.39 is 0 Å². The highest BCUT2D eigenvalue weighted by Gasteiger charge is 2.33. The molecule has 4 unspecified atom stereocenters. The van der Waals surface area contributed by atoms with Crippen molar-refractivity contribution in [2.45, 2.75) is 64.0 Å². The fraction of sp³-hybridized carbons (Fsp3) is 0.941. The van der Waals surface area contributed by atoms with Crippen LogP contribution in [0.3, 0.4) is 0 Å². The van der Waals surface area contributed by atoms with Crippen molar-refractivity contribution in [2.75, 3.05) is 26.3 Å². The van der Waals surface area contributed by atoms with Crippen LogP contribution in [0, 0.1) is 11.8 Å². The number of nitrogens with zero attached hydrogens (tertiary/aromatic N) is 1. The minimum Gasteiger partial charge on any atom is -0.378 e. The van der Waals surface area contributed by atoms with Gasteiger partial charge in [0, 0.05) is 19.1 Å². The monoisotopic (exact) mass is 294 g/mol. The van der Waals surface area contributed by atoms with E-state index in [4.69, 9.17) is 4.74 Å². The maximum absolute atomic E-state index is 12.5. The van der Waals surface area contributed by atoms with Gasteiger partial charge in [-0.15, -0.1) is 0 Å². The van der Waals surface area contributed by atoms with Crippen LogP contribution >= 0.6 is 0 Å². The molecular formula is C17H30N2O2. The zero-order valence-corrected chi connectivity index (χ0v) is 13.4. The number of hydrogen-bond acceptors (Lipinski definition) is 3. The van der Waals surface area contributed by atoms with Crippen LogP contribution in [-0.2, 0) is 9.53 Å². The van der Waals surface area contributed by atoms with Gasteiger partial charge in [-0.1, -0.05) is 25.7 Å². The van der Waals surface area contributed by atoms with E-state index in [0.717, 1.165) is 24.9 Å². The third-order valence-corrected chi connectivity index (χ3v) is 5.72. The molecule has 0 aromatic heterocycles. The Bertz CT molecular complexity index is 355. The largest absolute Gasteiger partial charge is 0.378 e. The minimum atomic E-state index is -0.0479. The molecule has 0 spiro atoms. The van der Waals surface area contributed by atoms with Crippen LogP contribution in [0.25, 0.3) is 0 Å². The molecule has 2 saturated carbocycles. The highest BCUT2D eigenvalue weighted by molar-refractivity contribution is 5.81. The number of rotatable bonds is 3. The molecule has 3 aliphatic rings. The van der Waals surface area contributed by atoms with Crippen LogP contribution < -0.4 is 5.32 Å². The van der Waals surface area contributed by atoms with Gasteiger partial charge in [-0.2, -0.15) is 0 Å². The van der Waals surface area contributed by atoms with Crippen molar-refractivity contribution in [3.05, 3.63) is 0 Å². The zero-order valence-electron chi connectivity index (χ0n) is 13.4. The van der Waals surface area contributed by atoms with Crippen LogP contribution in [0.5, 0.6) is 0 Å². The molecule has 3 rings (SSSR count). The van der Waals surface area contributed by atoms with Crippen LogP contribution in [-0.4, -0.2) is 49.2 Å². The smallest absolute Gasteiger partial charge is 0.239 e. The Morgan fingerprint density at radius 2 is 1.81 bits per heavy atom. The van der Waals surface area contributed by atoms with Crippen LogP contribution in [0.4, 0.5) is 0 Å². The molecular weight excluding hydrogens is 264 g/mol. The highest BCUT2D eigenvalue weighted by Crippen LogP contribution is 2.40. The summed E-state index contributed by atoms with van der Waals surface area (Å²) in [7, 11) is 0. The Morgan fingerprint density at radius 1 is 1.10 bits per heavy atom. The number of nitrogens with one attached hydrogen (secondary N) is 1. The average Bonchev–Trinajstić information content (AvgIpc) is 2.55. The third-order valence-electron chi connectivity index (χ3n) is 5.72. The van der Waals surface area contributed by atoms with E-state index in [1.54, 1.807) is 0 Å². The Balaban J connectivity index is 1.48.